The first-order valence-corrected chi connectivity index (χ1v) is 4.00. The fraction of sp³-hybridized carbons (Fsp3) is 0.556. The lowest BCUT2D eigenvalue weighted by Crippen LogP contribution is -2.09. The number of esters is 1. The van der Waals surface area contributed by atoms with E-state index in [0.29, 0.717) is 13.0 Å². The van der Waals surface area contributed by atoms with Crippen LogP contribution in [0.5, 0.6) is 0 Å². The Balaban J connectivity index is 3.36. The lowest BCUT2D eigenvalue weighted by Gasteiger charge is -2.00. The summed E-state index contributed by atoms with van der Waals surface area (Å²) < 4.78 is 9.34. The first-order valence-electron chi connectivity index (χ1n) is 4.00. The van der Waals surface area contributed by atoms with E-state index in [-0.39, 0.29) is 18.8 Å². The summed E-state index contributed by atoms with van der Waals surface area (Å²) >= 11 is 0. The van der Waals surface area contributed by atoms with E-state index in [9.17, 15) is 9.59 Å². The molecule has 0 aliphatic heterocycles. The second-order valence-electron chi connectivity index (χ2n) is 2.40. The zero-order valence-corrected chi connectivity index (χ0v) is 7.75. The van der Waals surface area contributed by atoms with Crippen molar-refractivity contribution in [2.75, 3.05) is 20.3 Å². The number of methoxy groups -OCH3 is 1. The largest absolute Gasteiger partial charge is 0.462 e. The van der Waals surface area contributed by atoms with E-state index in [1.165, 1.54) is 7.11 Å². The van der Waals surface area contributed by atoms with E-state index in [4.69, 9.17) is 4.74 Å². The maximum absolute atomic E-state index is 11.0. The summed E-state index contributed by atoms with van der Waals surface area (Å²) in [6.45, 7) is 3.76. The first-order chi connectivity index (χ1) is 6.20. The zero-order chi connectivity index (χ0) is 10.1. The van der Waals surface area contributed by atoms with Crippen molar-refractivity contribution in [1.82, 2.24) is 0 Å². The van der Waals surface area contributed by atoms with Crippen LogP contribution in [0.2, 0.25) is 0 Å². The number of carbonyl (C=O) groups is 2. The van der Waals surface area contributed by atoms with Crippen LogP contribution >= 0.6 is 0 Å². The monoisotopic (exact) mass is 186 g/mol. The number of hydrogen-bond donors (Lipinski definition) is 0. The number of ketones is 1. The molecule has 13 heavy (non-hydrogen) atoms. The van der Waals surface area contributed by atoms with Crippen LogP contribution in [0, 0.1) is 0 Å². The maximum atomic E-state index is 11.0. The van der Waals surface area contributed by atoms with E-state index < -0.39 is 5.97 Å². The molecule has 0 rings (SSSR count). The average molecular weight is 186 g/mol. The molecule has 0 fully saturated rings. The molecule has 0 saturated carbocycles. The molecule has 0 aromatic rings. The van der Waals surface area contributed by atoms with Gasteiger partial charge in [0, 0.05) is 26.0 Å². The van der Waals surface area contributed by atoms with Gasteiger partial charge in [-0.3, -0.25) is 4.79 Å². The minimum Gasteiger partial charge on any atom is -0.462 e. The van der Waals surface area contributed by atoms with Gasteiger partial charge in [0.1, 0.15) is 5.78 Å². The molecule has 0 aromatic heterocycles. The Labute approximate surface area is 77.5 Å². The highest BCUT2D eigenvalue weighted by Crippen LogP contribution is 1.92. The molecule has 0 N–H and O–H groups in total. The number of hydrogen-bond acceptors (Lipinski definition) is 4. The Morgan fingerprint density at radius 1 is 1.31 bits per heavy atom. The molecule has 0 aliphatic rings. The van der Waals surface area contributed by atoms with Crippen molar-refractivity contribution >= 4 is 11.8 Å². The van der Waals surface area contributed by atoms with Gasteiger partial charge < -0.3 is 9.47 Å². The normalized spacial score (nSPS) is 9.31. The molecular formula is C9H14O4. The van der Waals surface area contributed by atoms with Crippen molar-refractivity contribution < 1.29 is 19.1 Å². The van der Waals surface area contributed by atoms with Crippen molar-refractivity contribution in [3.63, 3.8) is 0 Å². The summed E-state index contributed by atoms with van der Waals surface area (Å²) in [5.41, 5.74) is 0. The van der Waals surface area contributed by atoms with Gasteiger partial charge in [0.15, 0.2) is 0 Å². The molecule has 0 unspecified atom stereocenters. The topological polar surface area (TPSA) is 52.6 Å². The van der Waals surface area contributed by atoms with Gasteiger partial charge in [-0.2, -0.15) is 0 Å². The van der Waals surface area contributed by atoms with Gasteiger partial charge in [0.25, 0.3) is 0 Å². The quantitative estimate of drug-likeness (QED) is 0.434. The standard InChI is InChI=1S/C9H14O4/c1-3-9(11)13-7-5-8(10)4-6-12-2/h3H,1,4-7H2,2H3. The number of carbonyl (C=O) groups excluding carboxylic acids is 2. The smallest absolute Gasteiger partial charge is 0.330 e. The van der Waals surface area contributed by atoms with Crippen LogP contribution in [-0.4, -0.2) is 32.1 Å². The predicted molar refractivity (Wildman–Crippen MR) is 47.3 cm³/mol. The fourth-order valence-corrected chi connectivity index (χ4v) is 0.665. The van der Waals surface area contributed by atoms with Gasteiger partial charge in [0.05, 0.1) is 13.2 Å². The van der Waals surface area contributed by atoms with E-state index >= 15 is 0 Å². The summed E-state index contributed by atoms with van der Waals surface area (Å²) in [7, 11) is 1.53. The lowest BCUT2D eigenvalue weighted by atomic mass is 10.2. The molecule has 74 valence electrons. The predicted octanol–water partition coefficient (Wildman–Crippen LogP) is 0.711. The minimum absolute atomic E-state index is 0.0266. The van der Waals surface area contributed by atoms with Crippen molar-refractivity contribution in [2.24, 2.45) is 0 Å². The highest BCUT2D eigenvalue weighted by Gasteiger charge is 2.02. The van der Waals surface area contributed by atoms with Crippen molar-refractivity contribution in [1.29, 1.82) is 0 Å². The van der Waals surface area contributed by atoms with Crippen molar-refractivity contribution in [3.8, 4) is 0 Å². The molecule has 0 aliphatic carbocycles. The van der Waals surface area contributed by atoms with Crippen molar-refractivity contribution in [2.45, 2.75) is 12.8 Å². The summed E-state index contributed by atoms with van der Waals surface area (Å²) in [6, 6.07) is 0. The summed E-state index contributed by atoms with van der Waals surface area (Å²) in [5, 5.41) is 0. The van der Waals surface area contributed by atoms with Crippen LogP contribution in [0.15, 0.2) is 12.7 Å². The van der Waals surface area contributed by atoms with Gasteiger partial charge >= 0.3 is 5.97 Å². The van der Waals surface area contributed by atoms with Gasteiger partial charge in [0.2, 0.25) is 0 Å². The summed E-state index contributed by atoms with van der Waals surface area (Å²) in [6.07, 6.45) is 1.67. The van der Waals surface area contributed by atoms with Crippen LogP contribution in [0.3, 0.4) is 0 Å². The van der Waals surface area contributed by atoms with Crippen molar-refractivity contribution in [3.05, 3.63) is 12.7 Å². The molecular weight excluding hydrogens is 172 g/mol. The van der Waals surface area contributed by atoms with Crippen LogP contribution < -0.4 is 0 Å². The molecule has 0 heterocycles. The van der Waals surface area contributed by atoms with E-state index in [2.05, 4.69) is 11.3 Å². The Morgan fingerprint density at radius 3 is 2.46 bits per heavy atom. The number of rotatable bonds is 7. The Bertz CT molecular complexity index is 186. The Hall–Kier alpha value is -1.16. The summed E-state index contributed by atoms with van der Waals surface area (Å²) in [4.78, 5) is 21.5. The Kier molecular flexibility index (Phi) is 6.82. The van der Waals surface area contributed by atoms with Gasteiger partial charge in [-0.15, -0.1) is 0 Å². The fourth-order valence-electron chi connectivity index (χ4n) is 0.665. The molecule has 0 spiro atoms. The van der Waals surface area contributed by atoms with Crippen LogP contribution in [0.4, 0.5) is 0 Å². The van der Waals surface area contributed by atoms with E-state index in [0.717, 1.165) is 6.08 Å². The molecule has 0 atom stereocenters. The molecule has 4 nitrogen and oxygen atoms in total. The second-order valence-corrected chi connectivity index (χ2v) is 2.40. The highest BCUT2D eigenvalue weighted by atomic mass is 16.5. The third kappa shape index (κ3) is 7.21. The first kappa shape index (κ1) is 11.8. The van der Waals surface area contributed by atoms with E-state index in [1.807, 2.05) is 0 Å². The molecule has 0 saturated heterocycles. The van der Waals surface area contributed by atoms with Crippen LogP contribution in [0.1, 0.15) is 12.8 Å². The Morgan fingerprint density at radius 2 is 1.92 bits per heavy atom. The van der Waals surface area contributed by atoms with Crippen LogP contribution in [-0.2, 0) is 19.1 Å². The summed E-state index contributed by atoms with van der Waals surface area (Å²) in [5.74, 6) is -0.474. The molecule has 0 amide bonds. The third-order valence-corrected chi connectivity index (χ3v) is 1.38. The molecule has 0 bridgehead atoms. The van der Waals surface area contributed by atoms with E-state index in [1.54, 1.807) is 0 Å². The second kappa shape index (κ2) is 7.49. The lowest BCUT2D eigenvalue weighted by molar-refractivity contribution is -0.138. The zero-order valence-electron chi connectivity index (χ0n) is 7.75. The van der Waals surface area contributed by atoms with Crippen LogP contribution in [0.25, 0.3) is 0 Å². The highest BCUT2D eigenvalue weighted by molar-refractivity contribution is 5.82. The SMILES string of the molecule is C=CC(=O)OCCC(=O)CCOC. The minimum atomic E-state index is -0.500. The number of Topliss-reactive ketones (excluding diaryl/α,β-unsaturated/α-hetero) is 1. The average Bonchev–Trinajstić information content (AvgIpc) is 2.14. The van der Waals surface area contributed by atoms with Gasteiger partial charge in [-0.05, 0) is 0 Å². The van der Waals surface area contributed by atoms with Gasteiger partial charge in [-0.1, -0.05) is 6.58 Å². The number of ether oxygens (including phenoxy) is 2. The maximum Gasteiger partial charge on any atom is 0.330 e. The third-order valence-electron chi connectivity index (χ3n) is 1.38. The molecule has 4 heteroatoms. The molecule has 0 aromatic carbocycles. The van der Waals surface area contributed by atoms with Gasteiger partial charge in [-0.25, -0.2) is 4.79 Å². The molecule has 0 radical (unpaired) electrons.